The molecule has 1 aromatic heterocycles. The Bertz CT molecular complexity index is 1110. The number of aliphatic hydroxyl groups excluding tert-OH is 1. The molecule has 178 valence electrons. The zero-order valence-corrected chi connectivity index (χ0v) is 19.4. The molecule has 5 rings (SSSR count). The first-order valence-electron chi connectivity index (χ1n) is 11.8. The number of nitrogens with zero attached hydrogens (tertiary/aromatic N) is 5. The monoisotopic (exact) mass is 463 g/mol. The van der Waals surface area contributed by atoms with Crippen molar-refractivity contribution in [2.24, 2.45) is 0 Å². The highest BCUT2D eigenvalue weighted by Gasteiger charge is 2.24. The Balaban J connectivity index is 1.41. The number of aromatic nitrogens is 2. The molecule has 0 atom stereocenters. The van der Waals surface area contributed by atoms with Crippen LogP contribution in [-0.4, -0.2) is 67.6 Å². The number of piperazine rings is 1. The standard InChI is InChI=1S/C26H30FN5O2/c1-34-23-5-3-2-4-22(23)30-14-16-32(17-15-30)25-18-24(31-12-10-21(33)11-13-31)28-26(29-25)19-6-8-20(27)9-7-19/h2-9,18,21,33H,10-17H2,1H3. The van der Waals surface area contributed by atoms with Crippen molar-refractivity contribution < 1.29 is 14.2 Å². The SMILES string of the molecule is COc1ccccc1N1CCN(c2cc(N3CCC(O)CC3)nc(-c3ccc(F)cc3)n2)CC1. The molecular formula is C26H30FN5O2. The number of aliphatic hydroxyl groups is 1. The summed E-state index contributed by atoms with van der Waals surface area (Å²) in [6.45, 7) is 4.83. The average Bonchev–Trinajstić information content (AvgIpc) is 2.89. The van der Waals surface area contributed by atoms with Gasteiger partial charge in [-0.25, -0.2) is 14.4 Å². The van der Waals surface area contributed by atoms with Gasteiger partial charge >= 0.3 is 0 Å². The Labute approximate surface area is 199 Å². The van der Waals surface area contributed by atoms with E-state index >= 15 is 0 Å². The Morgan fingerprint density at radius 2 is 1.41 bits per heavy atom. The molecule has 3 aromatic rings. The number of hydrogen-bond acceptors (Lipinski definition) is 7. The Morgan fingerprint density at radius 1 is 0.824 bits per heavy atom. The Kier molecular flexibility index (Phi) is 6.49. The van der Waals surface area contributed by atoms with Crippen LogP contribution < -0.4 is 19.4 Å². The molecule has 8 heteroatoms. The minimum absolute atomic E-state index is 0.253. The van der Waals surface area contributed by atoms with Gasteiger partial charge in [0.25, 0.3) is 0 Å². The molecule has 0 unspecified atom stereocenters. The maximum atomic E-state index is 13.5. The van der Waals surface area contributed by atoms with Gasteiger partial charge in [-0.3, -0.25) is 0 Å². The summed E-state index contributed by atoms with van der Waals surface area (Å²) in [6.07, 6.45) is 1.20. The van der Waals surface area contributed by atoms with Crippen molar-refractivity contribution in [3.8, 4) is 17.1 Å². The highest BCUT2D eigenvalue weighted by molar-refractivity contribution is 5.64. The summed E-state index contributed by atoms with van der Waals surface area (Å²) in [5.41, 5.74) is 1.89. The number of methoxy groups -OCH3 is 1. The Morgan fingerprint density at radius 3 is 2.06 bits per heavy atom. The van der Waals surface area contributed by atoms with Crippen LogP contribution in [0.25, 0.3) is 11.4 Å². The summed E-state index contributed by atoms with van der Waals surface area (Å²) in [4.78, 5) is 16.5. The molecular weight excluding hydrogens is 433 g/mol. The first kappa shape index (κ1) is 22.4. The van der Waals surface area contributed by atoms with E-state index in [-0.39, 0.29) is 11.9 Å². The van der Waals surface area contributed by atoms with Crippen LogP contribution in [0.3, 0.4) is 0 Å². The maximum Gasteiger partial charge on any atom is 0.163 e. The molecule has 0 radical (unpaired) electrons. The van der Waals surface area contributed by atoms with Gasteiger partial charge in [-0.05, 0) is 49.2 Å². The fourth-order valence-corrected chi connectivity index (χ4v) is 4.64. The molecule has 0 saturated carbocycles. The van der Waals surface area contributed by atoms with Crippen molar-refractivity contribution in [2.45, 2.75) is 18.9 Å². The minimum Gasteiger partial charge on any atom is -0.495 e. The summed E-state index contributed by atoms with van der Waals surface area (Å²) >= 11 is 0. The van der Waals surface area contributed by atoms with Crippen molar-refractivity contribution in [1.29, 1.82) is 0 Å². The molecule has 1 N–H and O–H groups in total. The number of para-hydroxylation sites is 2. The fourth-order valence-electron chi connectivity index (χ4n) is 4.64. The van der Waals surface area contributed by atoms with Crippen molar-refractivity contribution >= 4 is 17.3 Å². The van der Waals surface area contributed by atoms with E-state index in [4.69, 9.17) is 14.7 Å². The predicted octanol–water partition coefficient (Wildman–Crippen LogP) is 3.58. The summed E-state index contributed by atoms with van der Waals surface area (Å²) in [6, 6.07) is 16.5. The minimum atomic E-state index is -0.280. The molecule has 34 heavy (non-hydrogen) atoms. The predicted molar refractivity (Wildman–Crippen MR) is 132 cm³/mol. The number of piperidine rings is 1. The molecule has 0 amide bonds. The number of anilines is 3. The lowest BCUT2D eigenvalue weighted by atomic mass is 10.1. The van der Waals surface area contributed by atoms with Gasteiger partial charge < -0.3 is 24.5 Å². The van der Waals surface area contributed by atoms with Gasteiger partial charge in [0, 0.05) is 50.9 Å². The third-order valence-electron chi connectivity index (χ3n) is 6.62. The number of hydrogen-bond donors (Lipinski definition) is 1. The zero-order valence-electron chi connectivity index (χ0n) is 19.4. The van der Waals surface area contributed by atoms with Crippen LogP contribution in [0, 0.1) is 5.82 Å². The molecule has 0 spiro atoms. The van der Waals surface area contributed by atoms with E-state index < -0.39 is 0 Å². The largest absolute Gasteiger partial charge is 0.495 e. The van der Waals surface area contributed by atoms with Crippen LogP contribution in [-0.2, 0) is 0 Å². The third kappa shape index (κ3) is 4.77. The molecule has 2 aromatic carbocycles. The van der Waals surface area contributed by atoms with Crippen molar-refractivity contribution in [3.63, 3.8) is 0 Å². The van der Waals surface area contributed by atoms with Gasteiger partial charge in [0.15, 0.2) is 5.82 Å². The highest BCUT2D eigenvalue weighted by atomic mass is 19.1. The molecule has 3 heterocycles. The van der Waals surface area contributed by atoms with Gasteiger partial charge in [-0.15, -0.1) is 0 Å². The third-order valence-corrected chi connectivity index (χ3v) is 6.62. The highest BCUT2D eigenvalue weighted by Crippen LogP contribution is 2.31. The Hall–Kier alpha value is -3.39. The summed E-state index contributed by atoms with van der Waals surface area (Å²) in [7, 11) is 1.70. The molecule has 2 saturated heterocycles. The van der Waals surface area contributed by atoms with E-state index in [0.717, 1.165) is 80.7 Å². The first-order chi connectivity index (χ1) is 16.6. The number of halogens is 1. The number of benzene rings is 2. The molecule has 2 aliphatic rings. The van der Waals surface area contributed by atoms with E-state index in [9.17, 15) is 9.50 Å². The molecule has 2 aliphatic heterocycles. The second-order valence-corrected chi connectivity index (χ2v) is 8.78. The smallest absolute Gasteiger partial charge is 0.163 e. The number of ether oxygens (including phenoxy) is 1. The number of rotatable bonds is 5. The maximum absolute atomic E-state index is 13.5. The van der Waals surface area contributed by atoms with Crippen LogP contribution in [0.4, 0.5) is 21.7 Å². The molecule has 0 bridgehead atoms. The summed E-state index contributed by atoms with van der Waals surface area (Å²) in [5.74, 6) is 2.91. The van der Waals surface area contributed by atoms with E-state index in [0.29, 0.717) is 5.82 Å². The van der Waals surface area contributed by atoms with E-state index in [1.165, 1.54) is 12.1 Å². The summed E-state index contributed by atoms with van der Waals surface area (Å²) < 4.78 is 19.1. The van der Waals surface area contributed by atoms with Crippen LogP contribution in [0.1, 0.15) is 12.8 Å². The van der Waals surface area contributed by atoms with E-state index in [1.807, 2.05) is 24.3 Å². The lowest BCUT2D eigenvalue weighted by Crippen LogP contribution is -2.47. The van der Waals surface area contributed by atoms with Crippen molar-refractivity contribution in [1.82, 2.24) is 9.97 Å². The van der Waals surface area contributed by atoms with Gasteiger partial charge in [-0.2, -0.15) is 0 Å². The van der Waals surface area contributed by atoms with E-state index in [2.05, 4.69) is 20.8 Å². The zero-order chi connectivity index (χ0) is 23.5. The normalized spacial score (nSPS) is 17.2. The van der Waals surface area contributed by atoms with Crippen LogP contribution in [0.5, 0.6) is 5.75 Å². The van der Waals surface area contributed by atoms with Gasteiger partial charge in [-0.1, -0.05) is 12.1 Å². The summed E-state index contributed by atoms with van der Waals surface area (Å²) in [5, 5.41) is 9.93. The van der Waals surface area contributed by atoms with Gasteiger partial charge in [0.2, 0.25) is 0 Å². The second-order valence-electron chi connectivity index (χ2n) is 8.78. The van der Waals surface area contributed by atoms with Crippen molar-refractivity contribution in [2.75, 3.05) is 61.1 Å². The van der Waals surface area contributed by atoms with Crippen LogP contribution in [0.2, 0.25) is 0 Å². The average molecular weight is 464 g/mol. The van der Waals surface area contributed by atoms with E-state index in [1.54, 1.807) is 19.2 Å². The lowest BCUT2D eigenvalue weighted by molar-refractivity contribution is 0.145. The van der Waals surface area contributed by atoms with Crippen molar-refractivity contribution in [3.05, 3.63) is 60.4 Å². The van der Waals surface area contributed by atoms with Crippen LogP contribution >= 0.6 is 0 Å². The molecule has 2 fully saturated rings. The van der Waals surface area contributed by atoms with Crippen LogP contribution in [0.15, 0.2) is 54.6 Å². The quantitative estimate of drug-likeness (QED) is 0.621. The molecule has 7 nitrogen and oxygen atoms in total. The second kappa shape index (κ2) is 9.85. The lowest BCUT2D eigenvalue weighted by Gasteiger charge is -2.38. The topological polar surface area (TPSA) is 65.0 Å². The fraction of sp³-hybridized carbons (Fsp3) is 0.385. The van der Waals surface area contributed by atoms with Gasteiger partial charge in [0.1, 0.15) is 23.2 Å². The van der Waals surface area contributed by atoms with Gasteiger partial charge in [0.05, 0.1) is 18.9 Å². The molecule has 0 aliphatic carbocycles. The first-order valence-corrected chi connectivity index (χ1v) is 11.8.